The SMILES string of the molecule is CN(CCN1CCC(OC(=O)Nc2ccccc2-c2ccccc2)CC1)C(=O)c1cccc(NC(=O)CNCCc2ccc(O)cc2)c1. The first-order valence-corrected chi connectivity index (χ1v) is 16.3. The number of benzene rings is 4. The summed E-state index contributed by atoms with van der Waals surface area (Å²) in [6.45, 7) is 3.55. The Kier molecular flexibility index (Phi) is 12.2. The lowest BCUT2D eigenvalue weighted by Gasteiger charge is -2.32. The van der Waals surface area contributed by atoms with Gasteiger partial charge in [-0.15, -0.1) is 0 Å². The molecule has 0 radical (unpaired) electrons. The van der Waals surface area contributed by atoms with Gasteiger partial charge in [-0.2, -0.15) is 0 Å². The first-order chi connectivity index (χ1) is 23.3. The Morgan fingerprint density at radius 2 is 1.60 bits per heavy atom. The van der Waals surface area contributed by atoms with Crippen LogP contribution in [0.4, 0.5) is 16.2 Å². The second-order valence-corrected chi connectivity index (χ2v) is 11.9. The monoisotopic (exact) mass is 649 g/mol. The molecule has 4 aromatic carbocycles. The molecular weight excluding hydrogens is 606 g/mol. The van der Waals surface area contributed by atoms with E-state index in [0.29, 0.717) is 36.6 Å². The van der Waals surface area contributed by atoms with Crippen molar-refractivity contribution in [3.05, 3.63) is 114 Å². The van der Waals surface area contributed by atoms with Gasteiger partial charge in [0.1, 0.15) is 11.9 Å². The summed E-state index contributed by atoms with van der Waals surface area (Å²) >= 11 is 0. The number of phenolic OH excluding ortho intramolecular Hbond substituents is 1. The minimum absolute atomic E-state index is 0.121. The minimum Gasteiger partial charge on any atom is -0.508 e. The van der Waals surface area contributed by atoms with Crippen LogP contribution in [-0.4, -0.2) is 85.2 Å². The number of aromatic hydroxyl groups is 1. The van der Waals surface area contributed by atoms with Crippen LogP contribution < -0.4 is 16.0 Å². The Bertz CT molecular complexity index is 1660. The molecule has 0 bridgehead atoms. The first-order valence-electron chi connectivity index (χ1n) is 16.3. The van der Waals surface area contributed by atoms with Crippen LogP contribution in [0.1, 0.15) is 28.8 Å². The van der Waals surface area contributed by atoms with Crippen LogP contribution in [0, 0.1) is 0 Å². The van der Waals surface area contributed by atoms with Gasteiger partial charge >= 0.3 is 6.09 Å². The van der Waals surface area contributed by atoms with Crippen LogP contribution in [0.2, 0.25) is 0 Å². The molecule has 1 fully saturated rings. The molecule has 0 spiro atoms. The highest BCUT2D eigenvalue weighted by Crippen LogP contribution is 2.28. The van der Waals surface area contributed by atoms with E-state index in [-0.39, 0.29) is 30.2 Å². The molecule has 0 saturated carbocycles. The van der Waals surface area contributed by atoms with Gasteiger partial charge in [-0.1, -0.05) is 66.7 Å². The number of carbonyl (C=O) groups excluding carboxylic acids is 3. The number of nitrogens with zero attached hydrogens (tertiary/aromatic N) is 2. The molecule has 10 nitrogen and oxygen atoms in total. The van der Waals surface area contributed by atoms with Crippen molar-refractivity contribution in [3.63, 3.8) is 0 Å². The summed E-state index contributed by atoms with van der Waals surface area (Å²) in [5.74, 6) is -0.0880. The molecule has 48 heavy (non-hydrogen) atoms. The van der Waals surface area contributed by atoms with Crippen molar-refractivity contribution >= 4 is 29.3 Å². The molecule has 0 aromatic heterocycles. The summed E-state index contributed by atoms with van der Waals surface area (Å²) < 4.78 is 5.76. The fraction of sp³-hybridized carbons (Fsp3) is 0.289. The molecule has 250 valence electrons. The number of likely N-dealkylation sites (N-methyl/N-ethyl adjacent to an activating group) is 1. The Balaban J connectivity index is 1.00. The number of rotatable bonds is 13. The molecule has 1 saturated heterocycles. The molecule has 3 amide bonds. The van der Waals surface area contributed by atoms with Crippen LogP contribution in [0.5, 0.6) is 5.75 Å². The van der Waals surface area contributed by atoms with E-state index < -0.39 is 6.09 Å². The second-order valence-electron chi connectivity index (χ2n) is 11.9. The number of piperidine rings is 1. The molecule has 5 rings (SSSR count). The van der Waals surface area contributed by atoms with Crippen LogP contribution in [0.25, 0.3) is 11.1 Å². The standard InChI is InChI=1S/C38H43N5O5/c1-42(37(46)30-10-7-11-31(26-30)40-36(45)27-39-21-18-28-14-16-32(44)17-15-28)24-25-43-22-19-33(20-23-43)48-38(47)41-35-13-6-5-12-34(35)29-8-3-2-4-9-29/h2-17,26,33,39,44H,18-25,27H2,1H3,(H,40,45)(H,41,47). The van der Waals surface area contributed by atoms with E-state index >= 15 is 0 Å². The highest BCUT2D eigenvalue weighted by atomic mass is 16.6. The number of nitrogens with one attached hydrogen (secondary N) is 3. The predicted molar refractivity (Wildman–Crippen MR) is 188 cm³/mol. The maximum absolute atomic E-state index is 13.2. The number of phenols is 1. The maximum atomic E-state index is 13.2. The van der Waals surface area contributed by atoms with Gasteiger partial charge in [-0.3, -0.25) is 14.9 Å². The third kappa shape index (κ3) is 10.2. The molecule has 4 N–H and O–H groups in total. The lowest BCUT2D eigenvalue weighted by Crippen LogP contribution is -2.42. The smallest absolute Gasteiger partial charge is 0.411 e. The van der Waals surface area contributed by atoms with Crippen molar-refractivity contribution in [2.75, 3.05) is 56.9 Å². The van der Waals surface area contributed by atoms with Gasteiger partial charge in [0.15, 0.2) is 0 Å². The van der Waals surface area contributed by atoms with E-state index in [1.54, 1.807) is 48.3 Å². The minimum atomic E-state index is -0.456. The number of para-hydroxylation sites is 1. The zero-order valence-electron chi connectivity index (χ0n) is 27.2. The number of amides is 3. The lowest BCUT2D eigenvalue weighted by molar-refractivity contribution is -0.115. The number of likely N-dealkylation sites (tertiary alicyclic amines) is 1. The average molecular weight is 650 g/mol. The summed E-state index contributed by atoms with van der Waals surface area (Å²) in [4.78, 5) is 42.3. The predicted octanol–water partition coefficient (Wildman–Crippen LogP) is 5.62. The maximum Gasteiger partial charge on any atom is 0.411 e. The summed E-state index contributed by atoms with van der Waals surface area (Å²) in [5, 5.41) is 18.3. The van der Waals surface area contributed by atoms with Crippen LogP contribution in [-0.2, 0) is 16.0 Å². The highest BCUT2D eigenvalue weighted by Gasteiger charge is 2.23. The summed E-state index contributed by atoms with van der Waals surface area (Å²) in [7, 11) is 1.78. The van der Waals surface area contributed by atoms with Gasteiger partial charge in [0, 0.05) is 50.0 Å². The Morgan fingerprint density at radius 3 is 2.38 bits per heavy atom. The Morgan fingerprint density at radius 1 is 0.875 bits per heavy atom. The number of hydrogen-bond donors (Lipinski definition) is 4. The molecule has 1 aliphatic heterocycles. The van der Waals surface area contributed by atoms with Crippen molar-refractivity contribution in [1.29, 1.82) is 0 Å². The highest BCUT2D eigenvalue weighted by molar-refractivity contribution is 5.97. The van der Waals surface area contributed by atoms with E-state index in [9.17, 15) is 19.5 Å². The van der Waals surface area contributed by atoms with Crippen LogP contribution >= 0.6 is 0 Å². The quantitative estimate of drug-likeness (QED) is 0.139. The number of anilines is 2. The van der Waals surface area contributed by atoms with Crippen molar-refractivity contribution in [1.82, 2.24) is 15.1 Å². The largest absolute Gasteiger partial charge is 0.508 e. The van der Waals surface area contributed by atoms with Crippen LogP contribution in [0.15, 0.2) is 103 Å². The average Bonchev–Trinajstić information content (AvgIpc) is 3.11. The topological polar surface area (TPSA) is 123 Å². The third-order valence-electron chi connectivity index (χ3n) is 8.36. The fourth-order valence-electron chi connectivity index (χ4n) is 5.65. The fourth-order valence-corrected chi connectivity index (χ4v) is 5.65. The molecule has 0 unspecified atom stereocenters. The molecule has 4 aromatic rings. The van der Waals surface area contributed by atoms with Crippen molar-refractivity contribution in [2.45, 2.75) is 25.4 Å². The molecule has 10 heteroatoms. The van der Waals surface area contributed by atoms with Gasteiger partial charge in [-0.05, 0) is 73.3 Å². The zero-order chi connectivity index (χ0) is 33.7. The Labute approximate surface area is 281 Å². The van der Waals surface area contributed by atoms with Gasteiger partial charge in [0.05, 0.1) is 12.2 Å². The lowest BCUT2D eigenvalue weighted by atomic mass is 10.0. The summed E-state index contributed by atoms with van der Waals surface area (Å²) in [6.07, 6.45) is 1.55. The molecule has 1 aliphatic rings. The third-order valence-corrected chi connectivity index (χ3v) is 8.36. The molecule has 0 aliphatic carbocycles. The van der Waals surface area contributed by atoms with E-state index in [1.165, 1.54) is 0 Å². The van der Waals surface area contributed by atoms with E-state index in [1.807, 2.05) is 66.7 Å². The van der Waals surface area contributed by atoms with E-state index in [4.69, 9.17) is 4.74 Å². The van der Waals surface area contributed by atoms with Crippen molar-refractivity contribution in [3.8, 4) is 16.9 Å². The van der Waals surface area contributed by atoms with Gasteiger partial charge in [-0.25, -0.2) is 4.79 Å². The number of carbonyl (C=O) groups is 3. The number of hydrogen-bond acceptors (Lipinski definition) is 7. The van der Waals surface area contributed by atoms with Crippen molar-refractivity contribution in [2.24, 2.45) is 0 Å². The van der Waals surface area contributed by atoms with E-state index in [0.717, 1.165) is 49.0 Å². The summed E-state index contributed by atoms with van der Waals surface area (Å²) in [6, 6.07) is 31.5. The Hall–Kier alpha value is -5.19. The van der Waals surface area contributed by atoms with Crippen LogP contribution in [0.3, 0.4) is 0 Å². The molecule has 0 atom stereocenters. The van der Waals surface area contributed by atoms with Gasteiger partial charge in [0.2, 0.25) is 5.91 Å². The van der Waals surface area contributed by atoms with E-state index in [2.05, 4.69) is 20.9 Å². The summed E-state index contributed by atoms with van der Waals surface area (Å²) in [5.41, 5.74) is 4.80. The van der Waals surface area contributed by atoms with Gasteiger partial charge < -0.3 is 30.3 Å². The second kappa shape index (κ2) is 17.1. The van der Waals surface area contributed by atoms with Gasteiger partial charge in [0.25, 0.3) is 5.91 Å². The zero-order valence-corrected chi connectivity index (χ0v) is 27.2. The normalized spacial score (nSPS) is 13.4. The first kappa shape index (κ1) is 34.2. The number of ether oxygens (including phenoxy) is 1. The molecule has 1 heterocycles. The van der Waals surface area contributed by atoms with Crippen molar-refractivity contribution < 1.29 is 24.2 Å². The molecular formula is C38H43N5O5.